The van der Waals surface area contributed by atoms with Gasteiger partial charge in [0.25, 0.3) is 0 Å². The van der Waals surface area contributed by atoms with Gasteiger partial charge in [-0.05, 0) is 35.7 Å². The smallest absolute Gasteiger partial charge is 0.238 e. The van der Waals surface area contributed by atoms with Crippen LogP contribution in [0.5, 0.6) is 11.5 Å². The summed E-state index contributed by atoms with van der Waals surface area (Å²) in [5.74, 6) is -0.165. The molecule has 1 saturated heterocycles. The first-order valence-electron chi connectivity index (χ1n) is 10.4. The van der Waals surface area contributed by atoms with Gasteiger partial charge >= 0.3 is 0 Å². The quantitative estimate of drug-likeness (QED) is 0.582. The Kier molecular flexibility index (Phi) is 8.23. The Morgan fingerprint density at radius 1 is 1.09 bits per heavy atom. The Bertz CT molecular complexity index is 1110. The van der Waals surface area contributed by atoms with Gasteiger partial charge in [-0.2, -0.15) is 4.31 Å². The van der Waals surface area contributed by atoms with Gasteiger partial charge in [0.15, 0.2) is 5.75 Å². The highest BCUT2D eigenvalue weighted by molar-refractivity contribution is 7.88. The molecule has 1 fully saturated rings. The van der Waals surface area contributed by atoms with Gasteiger partial charge in [-0.25, -0.2) is 12.8 Å². The third kappa shape index (κ3) is 7.04. The summed E-state index contributed by atoms with van der Waals surface area (Å²) in [6.07, 6.45) is 1.17. The lowest BCUT2D eigenvalue weighted by Gasteiger charge is -2.32. The summed E-state index contributed by atoms with van der Waals surface area (Å²) in [4.78, 5) is 14.3. The molecule has 0 bridgehead atoms. The molecule has 0 radical (unpaired) electrons. The molecule has 0 atom stereocenters. The van der Waals surface area contributed by atoms with Crippen LogP contribution in [0, 0.1) is 5.82 Å². The lowest BCUT2D eigenvalue weighted by Crippen LogP contribution is -2.50. The second-order valence-corrected chi connectivity index (χ2v) is 11.0. The Hall–Kier alpha value is -1.91. The number of hydrogen-bond donors (Lipinski definition) is 1. The van der Waals surface area contributed by atoms with Gasteiger partial charge < -0.3 is 10.1 Å². The van der Waals surface area contributed by atoms with E-state index in [-0.39, 0.29) is 39.9 Å². The number of benzene rings is 2. The Labute approximate surface area is 203 Å². The molecule has 33 heavy (non-hydrogen) atoms. The zero-order chi connectivity index (χ0) is 24.3. The Morgan fingerprint density at radius 3 is 2.24 bits per heavy atom. The molecule has 1 amide bonds. The molecule has 1 aliphatic heterocycles. The van der Waals surface area contributed by atoms with Crippen LogP contribution in [0.3, 0.4) is 0 Å². The van der Waals surface area contributed by atoms with E-state index in [4.69, 9.17) is 27.9 Å². The van der Waals surface area contributed by atoms with Crippen LogP contribution in [0.4, 0.5) is 10.1 Å². The summed E-state index contributed by atoms with van der Waals surface area (Å²) < 4.78 is 44.3. The van der Waals surface area contributed by atoms with Crippen LogP contribution in [0.2, 0.25) is 10.0 Å². The van der Waals surface area contributed by atoms with Gasteiger partial charge in [0.1, 0.15) is 11.6 Å². The SMILES string of the molecule is CC(C)c1cc(F)cc(Oc2c(Cl)cc(NC(=O)CN3CCN(S(C)(=O)=O)CC3)cc2Cl)c1. The normalized spacial score (nSPS) is 15.6. The van der Waals surface area contributed by atoms with Crippen LogP contribution in [0.1, 0.15) is 25.3 Å². The monoisotopic (exact) mass is 517 g/mol. The molecule has 0 unspecified atom stereocenters. The van der Waals surface area contributed by atoms with E-state index in [9.17, 15) is 17.6 Å². The van der Waals surface area contributed by atoms with Crippen LogP contribution in [0.25, 0.3) is 0 Å². The second-order valence-electron chi connectivity index (χ2n) is 8.23. The van der Waals surface area contributed by atoms with Crippen molar-refractivity contribution in [2.75, 3.05) is 44.3 Å². The van der Waals surface area contributed by atoms with Crippen molar-refractivity contribution in [3.05, 3.63) is 51.8 Å². The predicted octanol–water partition coefficient (Wildman–Crippen LogP) is 4.56. The van der Waals surface area contributed by atoms with Crippen LogP contribution in [-0.4, -0.2) is 62.5 Å². The van der Waals surface area contributed by atoms with E-state index in [0.717, 1.165) is 5.56 Å². The number of carbonyl (C=O) groups is 1. The lowest BCUT2D eigenvalue weighted by atomic mass is 10.0. The van der Waals surface area contributed by atoms with E-state index in [2.05, 4.69) is 5.32 Å². The highest BCUT2D eigenvalue weighted by Crippen LogP contribution is 2.39. The number of hydrogen-bond acceptors (Lipinski definition) is 5. The number of rotatable bonds is 7. The summed E-state index contributed by atoms with van der Waals surface area (Å²) in [5.41, 5.74) is 1.16. The maximum Gasteiger partial charge on any atom is 0.238 e. The minimum atomic E-state index is -3.23. The van der Waals surface area contributed by atoms with Crippen molar-refractivity contribution in [1.82, 2.24) is 9.21 Å². The van der Waals surface area contributed by atoms with Crippen molar-refractivity contribution in [3.8, 4) is 11.5 Å². The maximum atomic E-state index is 13.9. The number of nitrogens with zero attached hydrogens (tertiary/aromatic N) is 2. The number of piperazine rings is 1. The van der Waals surface area contributed by atoms with Crippen LogP contribution >= 0.6 is 23.2 Å². The first-order chi connectivity index (χ1) is 15.4. The maximum absolute atomic E-state index is 13.9. The largest absolute Gasteiger partial charge is 0.454 e. The summed E-state index contributed by atoms with van der Waals surface area (Å²) in [7, 11) is -3.23. The molecule has 0 aliphatic carbocycles. The van der Waals surface area contributed by atoms with Crippen LogP contribution in [0.15, 0.2) is 30.3 Å². The summed E-state index contributed by atoms with van der Waals surface area (Å²) >= 11 is 12.7. The number of carbonyl (C=O) groups excluding carboxylic acids is 1. The average molecular weight is 518 g/mol. The fourth-order valence-electron chi connectivity index (χ4n) is 3.45. The van der Waals surface area contributed by atoms with Gasteiger partial charge in [0.2, 0.25) is 15.9 Å². The fourth-order valence-corrected chi connectivity index (χ4v) is 4.84. The van der Waals surface area contributed by atoms with E-state index in [1.54, 1.807) is 6.07 Å². The number of ether oxygens (including phenoxy) is 1. The van der Waals surface area contributed by atoms with Gasteiger partial charge in [0, 0.05) is 37.9 Å². The standard InChI is InChI=1S/C22H26Cl2FN3O4S/c1-14(2)15-8-16(25)10-18(9-15)32-22-19(23)11-17(12-20(22)24)26-21(29)13-27-4-6-28(7-5-27)33(3,30)31/h8-12,14H,4-7,13H2,1-3H3,(H,26,29). The molecule has 1 aliphatic rings. The molecule has 0 spiro atoms. The molecule has 0 aromatic heterocycles. The van der Waals surface area contributed by atoms with Crippen molar-refractivity contribution in [2.45, 2.75) is 19.8 Å². The minimum Gasteiger partial charge on any atom is -0.454 e. The van der Waals surface area contributed by atoms with Crippen LogP contribution in [-0.2, 0) is 14.8 Å². The van der Waals surface area contributed by atoms with E-state index in [1.807, 2.05) is 18.7 Å². The van der Waals surface area contributed by atoms with Gasteiger partial charge in [-0.3, -0.25) is 9.69 Å². The van der Waals surface area contributed by atoms with Crippen molar-refractivity contribution in [3.63, 3.8) is 0 Å². The second kappa shape index (κ2) is 10.6. The first kappa shape index (κ1) is 25.7. The van der Waals surface area contributed by atoms with Gasteiger partial charge in [0.05, 0.1) is 22.8 Å². The predicted molar refractivity (Wildman–Crippen MR) is 129 cm³/mol. The molecule has 7 nitrogen and oxygen atoms in total. The highest BCUT2D eigenvalue weighted by Gasteiger charge is 2.24. The zero-order valence-corrected chi connectivity index (χ0v) is 20.9. The molecule has 11 heteroatoms. The van der Waals surface area contributed by atoms with E-state index < -0.39 is 15.8 Å². The van der Waals surface area contributed by atoms with Crippen molar-refractivity contribution < 1.29 is 22.3 Å². The van der Waals surface area contributed by atoms with E-state index in [0.29, 0.717) is 31.9 Å². The molecule has 2 aromatic carbocycles. The summed E-state index contributed by atoms with van der Waals surface area (Å²) in [6, 6.07) is 7.42. The molecule has 3 rings (SSSR count). The number of anilines is 1. The average Bonchev–Trinajstić information content (AvgIpc) is 2.70. The van der Waals surface area contributed by atoms with E-state index >= 15 is 0 Å². The molecule has 1 N–H and O–H groups in total. The van der Waals surface area contributed by atoms with Gasteiger partial charge in [-0.1, -0.05) is 37.0 Å². The van der Waals surface area contributed by atoms with Crippen LogP contribution < -0.4 is 10.1 Å². The molecular weight excluding hydrogens is 492 g/mol. The number of amides is 1. The topological polar surface area (TPSA) is 79.0 Å². The molecular formula is C22H26Cl2FN3O4S. The zero-order valence-electron chi connectivity index (χ0n) is 18.6. The van der Waals surface area contributed by atoms with Crippen molar-refractivity contribution in [1.29, 1.82) is 0 Å². The minimum absolute atomic E-state index is 0.104. The Balaban J connectivity index is 1.64. The lowest BCUT2D eigenvalue weighted by molar-refractivity contribution is -0.117. The van der Waals surface area contributed by atoms with Crippen molar-refractivity contribution in [2.24, 2.45) is 0 Å². The summed E-state index contributed by atoms with van der Waals surface area (Å²) in [6.45, 7) is 5.60. The summed E-state index contributed by atoms with van der Waals surface area (Å²) in [5, 5.41) is 3.06. The number of halogens is 3. The first-order valence-corrected chi connectivity index (χ1v) is 13.0. The van der Waals surface area contributed by atoms with E-state index in [1.165, 1.54) is 34.8 Å². The third-order valence-corrected chi connectivity index (χ3v) is 7.09. The van der Waals surface area contributed by atoms with Crippen molar-refractivity contribution >= 4 is 44.8 Å². The molecule has 2 aromatic rings. The molecule has 0 saturated carbocycles. The highest BCUT2D eigenvalue weighted by atomic mass is 35.5. The Morgan fingerprint density at radius 2 is 1.70 bits per heavy atom. The molecule has 180 valence electrons. The number of sulfonamides is 1. The van der Waals surface area contributed by atoms with Gasteiger partial charge in [-0.15, -0.1) is 0 Å². The third-order valence-electron chi connectivity index (χ3n) is 5.23. The fraction of sp³-hybridized carbons (Fsp3) is 0.409. The molecule has 1 heterocycles. The number of nitrogens with one attached hydrogen (secondary N) is 1.